The lowest BCUT2D eigenvalue weighted by Gasteiger charge is -2.54. The molecule has 0 aromatic rings. The summed E-state index contributed by atoms with van der Waals surface area (Å²) in [6.07, 6.45) is 10.7. The van der Waals surface area contributed by atoms with Crippen LogP contribution in [0.4, 0.5) is 0 Å². The maximum absolute atomic E-state index is 13.3. The van der Waals surface area contributed by atoms with Gasteiger partial charge in [0.2, 0.25) is 5.91 Å². The highest BCUT2D eigenvalue weighted by Crippen LogP contribution is 2.53. The zero-order chi connectivity index (χ0) is 19.8. The summed E-state index contributed by atoms with van der Waals surface area (Å²) in [5.74, 6) is 4.40. The van der Waals surface area contributed by atoms with E-state index in [1.807, 2.05) is 0 Å². The average molecular weight is 404 g/mol. The number of rotatable bonds is 6. The minimum Gasteiger partial charge on any atom is -0.378 e. The smallest absolute Gasteiger partial charge is 0.239 e. The fraction of sp³-hybridized carbons (Fsp3) is 0.958. The van der Waals surface area contributed by atoms with Crippen molar-refractivity contribution in [3.8, 4) is 0 Å². The maximum atomic E-state index is 13.3. The molecule has 1 atom stereocenters. The highest BCUT2D eigenvalue weighted by Gasteiger charge is 2.49. The monoisotopic (exact) mass is 403 g/mol. The minimum absolute atomic E-state index is 0.0744. The van der Waals surface area contributed by atoms with Crippen molar-refractivity contribution in [2.24, 2.45) is 29.6 Å². The van der Waals surface area contributed by atoms with Crippen LogP contribution in [0, 0.1) is 29.6 Å². The minimum atomic E-state index is -0.0744. The van der Waals surface area contributed by atoms with Gasteiger partial charge in [-0.2, -0.15) is 0 Å². The lowest BCUT2D eigenvalue weighted by atomic mass is 9.54. The van der Waals surface area contributed by atoms with Crippen LogP contribution in [0.2, 0.25) is 0 Å². The molecule has 6 fully saturated rings. The molecule has 164 valence electrons. The second-order valence-corrected chi connectivity index (χ2v) is 10.8. The predicted molar refractivity (Wildman–Crippen MR) is 115 cm³/mol. The van der Waals surface area contributed by atoms with Gasteiger partial charge in [-0.25, -0.2) is 0 Å². The van der Waals surface area contributed by atoms with E-state index in [0.717, 1.165) is 49.3 Å². The molecule has 4 saturated carbocycles. The first kappa shape index (κ1) is 20.3. The molecule has 6 aliphatic rings. The van der Waals surface area contributed by atoms with E-state index in [4.69, 9.17) is 4.74 Å². The van der Waals surface area contributed by atoms with Crippen LogP contribution in [0.1, 0.15) is 58.3 Å². The van der Waals surface area contributed by atoms with Crippen molar-refractivity contribution in [2.45, 2.75) is 70.4 Å². The first-order chi connectivity index (χ1) is 14.2. The summed E-state index contributed by atoms with van der Waals surface area (Å²) in [4.78, 5) is 18.4. The molecule has 0 aromatic heterocycles. The fourth-order valence-corrected chi connectivity index (χ4v) is 7.56. The van der Waals surface area contributed by atoms with Crippen LogP contribution in [0.5, 0.6) is 0 Å². The van der Waals surface area contributed by atoms with Crippen LogP contribution in [0.3, 0.4) is 0 Å². The molecule has 4 aliphatic carbocycles. The Morgan fingerprint density at radius 3 is 2.34 bits per heavy atom. The summed E-state index contributed by atoms with van der Waals surface area (Å²) in [5.41, 5.74) is 0. The molecule has 0 aromatic carbocycles. The highest BCUT2D eigenvalue weighted by molar-refractivity contribution is 5.82. The Morgan fingerprint density at radius 1 is 1.00 bits per heavy atom. The fourth-order valence-electron chi connectivity index (χ4n) is 7.56. The number of likely N-dealkylation sites (tertiary alicyclic amines) is 1. The molecule has 1 amide bonds. The molecule has 0 radical (unpaired) electrons. The van der Waals surface area contributed by atoms with Crippen molar-refractivity contribution < 1.29 is 9.53 Å². The van der Waals surface area contributed by atoms with Crippen molar-refractivity contribution in [3.05, 3.63) is 0 Å². The molecular formula is C24H41N3O2. The molecule has 6 rings (SSSR count). The lowest BCUT2D eigenvalue weighted by Crippen LogP contribution is -2.61. The topological polar surface area (TPSA) is 44.8 Å². The molecule has 1 N–H and O–H groups in total. The van der Waals surface area contributed by atoms with E-state index in [2.05, 4.69) is 22.0 Å². The van der Waals surface area contributed by atoms with Gasteiger partial charge in [0.1, 0.15) is 6.04 Å². The maximum Gasteiger partial charge on any atom is 0.239 e. The van der Waals surface area contributed by atoms with Gasteiger partial charge in [0, 0.05) is 19.1 Å². The van der Waals surface area contributed by atoms with Crippen molar-refractivity contribution >= 4 is 5.91 Å². The summed E-state index contributed by atoms with van der Waals surface area (Å²) in [7, 11) is 0. The number of morpholine rings is 1. The Labute approximate surface area is 176 Å². The van der Waals surface area contributed by atoms with E-state index in [9.17, 15) is 4.79 Å². The third-order valence-electron chi connectivity index (χ3n) is 8.82. The molecule has 2 heterocycles. The lowest BCUT2D eigenvalue weighted by molar-refractivity contribution is -0.137. The van der Waals surface area contributed by atoms with Crippen LogP contribution in [0.25, 0.3) is 0 Å². The van der Waals surface area contributed by atoms with Gasteiger partial charge in [-0.3, -0.25) is 9.69 Å². The summed E-state index contributed by atoms with van der Waals surface area (Å²) < 4.78 is 5.77. The van der Waals surface area contributed by atoms with E-state index in [0.29, 0.717) is 12.6 Å². The van der Waals surface area contributed by atoms with Crippen molar-refractivity contribution in [3.63, 3.8) is 0 Å². The first-order valence-corrected chi connectivity index (χ1v) is 12.5. The van der Waals surface area contributed by atoms with Gasteiger partial charge in [-0.05, 0) is 101 Å². The first-order valence-electron chi connectivity index (χ1n) is 12.5. The Kier molecular flexibility index (Phi) is 6.18. The Bertz CT molecular complexity index is 546. The summed E-state index contributed by atoms with van der Waals surface area (Å²) in [6.45, 7) is 9.30. The molecule has 0 spiro atoms. The Morgan fingerprint density at radius 2 is 1.69 bits per heavy atom. The number of hydrogen-bond donors (Lipinski definition) is 1. The number of carbonyl (C=O) groups is 1. The molecule has 2 aliphatic heterocycles. The van der Waals surface area contributed by atoms with E-state index >= 15 is 0 Å². The number of hydrogen-bond acceptors (Lipinski definition) is 4. The van der Waals surface area contributed by atoms with E-state index in [1.54, 1.807) is 0 Å². The van der Waals surface area contributed by atoms with Crippen LogP contribution in [-0.4, -0.2) is 73.7 Å². The molecule has 5 nitrogen and oxygen atoms in total. The SMILES string of the molecule is CCCN1CCC(CN2CCOC[C@@H]2C(=O)NC2C3CC4CC(C3)CC2C4)CC1. The van der Waals surface area contributed by atoms with Crippen LogP contribution < -0.4 is 5.32 Å². The number of carbonyl (C=O) groups excluding carboxylic acids is 1. The highest BCUT2D eigenvalue weighted by atomic mass is 16.5. The third kappa shape index (κ3) is 4.38. The zero-order valence-corrected chi connectivity index (χ0v) is 18.4. The van der Waals surface area contributed by atoms with Gasteiger partial charge in [-0.15, -0.1) is 0 Å². The summed E-state index contributed by atoms with van der Waals surface area (Å²) >= 11 is 0. The molecule has 5 heteroatoms. The van der Waals surface area contributed by atoms with E-state index in [1.165, 1.54) is 71.0 Å². The van der Waals surface area contributed by atoms with Crippen molar-refractivity contribution in [2.75, 3.05) is 45.9 Å². The van der Waals surface area contributed by atoms with Crippen molar-refractivity contribution in [1.82, 2.24) is 15.1 Å². The Hall–Kier alpha value is -0.650. The molecule has 29 heavy (non-hydrogen) atoms. The van der Waals surface area contributed by atoms with E-state index < -0.39 is 0 Å². The predicted octanol–water partition coefficient (Wildman–Crippen LogP) is 2.75. The number of ether oxygens (including phenoxy) is 1. The summed E-state index contributed by atoms with van der Waals surface area (Å²) in [6, 6.07) is 0.367. The average Bonchev–Trinajstić information content (AvgIpc) is 2.72. The van der Waals surface area contributed by atoms with Crippen molar-refractivity contribution in [1.29, 1.82) is 0 Å². The van der Waals surface area contributed by atoms with Gasteiger partial charge < -0.3 is 15.0 Å². The van der Waals surface area contributed by atoms with Crippen LogP contribution in [0.15, 0.2) is 0 Å². The van der Waals surface area contributed by atoms with Gasteiger partial charge in [-0.1, -0.05) is 6.92 Å². The van der Waals surface area contributed by atoms with Gasteiger partial charge in [0.05, 0.1) is 13.2 Å². The number of piperidine rings is 1. The molecule has 4 bridgehead atoms. The van der Waals surface area contributed by atoms with Gasteiger partial charge in [0.15, 0.2) is 0 Å². The zero-order valence-electron chi connectivity index (χ0n) is 18.4. The third-order valence-corrected chi connectivity index (χ3v) is 8.82. The van der Waals surface area contributed by atoms with E-state index in [-0.39, 0.29) is 11.9 Å². The second kappa shape index (κ2) is 8.84. The molecular weight excluding hydrogens is 362 g/mol. The quantitative estimate of drug-likeness (QED) is 0.741. The molecule has 0 unspecified atom stereocenters. The van der Waals surface area contributed by atoms with Gasteiger partial charge >= 0.3 is 0 Å². The standard InChI is InChI=1S/C24H41N3O2/c1-2-5-26-6-3-17(4-7-26)15-27-8-9-29-16-22(27)24(28)25-23-20-11-18-10-19(13-20)14-21(23)12-18/h17-23H,2-16H2,1H3,(H,25,28)/t18?,19?,20?,21?,22-,23?/m1/s1. The van der Waals surface area contributed by atoms with Crippen LogP contribution >= 0.6 is 0 Å². The Balaban J connectivity index is 1.16. The molecule has 2 saturated heterocycles. The normalized spacial score (nSPS) is 41.0. The van der Waals surface area contributed by atoms with Gasteiger partial charge in [0.25, 0.3) is 0 Å². The largest absolute Gasteiger partial charge is 0.378 e. The summed E-state index contributed by atoms with van der Waals surface area (Å²) in [5, 5.41) is 3.55. The number of amides is 1. The van der Waals surface area contributed by atoms with Crippen LogP contribution in [-0.2, 0) is 9.53 Å². The second-order valence-electron chi connectivity index (χ2n) is 10.8. The number of nitrogens with zero attached hydrogens (tertiary/aromatic N) is 2. The number of nitrogens with one attached hydrogen (secondary N) is 1.